The molecule has 1 fully saturated rings. The molecule has 0 atom stereocenters. The summed E-state index contributed by atoms with van der Waals surface area (Å²) in [5.41, 5.74) is -0.231. The van der Waals surface area contributed by atoms with Gasteiger partial charge in [0.25, 0.3) is 0 Å². The number of nitrogens with zero attached hydrogens (tertiary/aromatic N) is 1. The van der Waals surface area contributed by atoms with Gasteiger partial charge in [0.05, 0.1) is 0 Å². The molecule has 1 aliphatic carbocycles. The number of methoxy groups -OCH3 is 1. The summed E-state index contributed by atoms with van der Waals surface area (Å²) in [6, 6.07) is 0. The zero-order chi connectivity index (χ0) is 12.5. The van der Waals surface area contributed by atoms with E-state index >= 15 is 0 Å². The van der Waals surface area contributed by atoms with E-state index in [2.05, 4.69) is 11.9 Å². The van der Waals surface area contributed by atoms with Crippen molar-refractivity contribution in [1.82, 2.24) is 4.98 Å². The van der Waals surface area contributed by atoms with Crippen molar-refractivity contribution < 1.29 is 14.6 Å². The van der Waals surface area contributed by atoms with Crippen LogP contribution in [0.2, 0.25) is 0 Å². The Morgan fingerprint density at radius 1 is 1.59 bits per heavy atom. The van der Waals surface area contributed by atoms with Crippen LogP contribution in [0.4, 0.5) is 0 Å². The zero-order valence-electron chi connectivity index (χ0n) is 10.1. The maximum absolute atomic E-state index is 10.8. The summed E-state index contributed by atoms with van der Waals surface area (Å²) < 4.78 is 5.66. The molecule has 1 aliphatic rings. The second-order valence-corrected chi connectivity index (χ2v) is 5.58. The van der Waals surface area contributed by atoms with Gasteiger partial charge in [-0.25, -0.2) is 9.78 Å². The molecule has 0 unspecified atom stereocenters. The number of hydrogen-bond acceptors (Lipinski definition) is 4. The molecular weight excluding hydrogens is 238 g/mol. The van der Waals surface area contributed by atoms with Crippen molar-refractivity contribution in [2.75, 3.05) is 7.11 Å². The van der Waals surface area contributed by atoms with E-state index in [1.807, 2.05) is 0 Å². The van der Waals surface area contributed by atoms with E-state index in [0.29, 0.717) is 0 Å². The molecule has 1 aromatic rings. The van der Waals surface area contributed by atoms with E-state index in [-0.39, 0.29) is 11.3 Å². The molecule has 0 aliphatic heterocycles. The molecule has 1 N–H and O–H groups in total. The second kappa shape index (κ2) is 4.74. The highest BCUT2D eigenvalue weighted by molar-refractivity contribution is 7.10. The SMILES string of the molecule is COC1(c2nc(C(=O)O)cs2)CCC(C)CC1. The molecule has 2 rings (SSSR count). The molecule has 1 aromatic heterocycles. The average Bonchev–Trinajstić information content (AvgIpc) is 2.81. The molecule has 0 amide bonds. The lowest BCUT2D eigenvalue weighted by Crippen LogP contribution is -2.33. The fraction of sp³-hybridized carbons (Fsp3) is 0.667. The molecule has 0 radical (unpaired) electrons. The van der Waals surface area contributed by atoms with Crippen molar-refractivity contribution >= 4 is 17.3 Å². The topological polar surface area (TPSA) is 59.4 Å². The lowest BCUT2D eigenvalue weighted by Gasteiger charge is -2.36. The summed E-state index contributed by atoms with van der Waals surface area (Å²) in [6.45, 7) is 2.24. The predicted molar refractivity (Wildman–Crippen MR) is 65.4 cm³/mol. The van der Waals surface area contributed by atoms with Gasteiger partial charge in [0.2, 0.25) is 0 Å². The number of thiazole rings is 1. The molecular formula is C12H17NO3S. The first-order valence-electron chi connectivity index (χ1n) is 5.82. The molecule has 94 valence electrons. The highest BCUT2D eigenvalue weighted by Crippen LogP contribution is 2.43. The van der Waals surface area contributed by atoms with E-state index in [9.17, 15) is 4.79 Å². The van der Waals surface area contributed by atoms with Crippen LogP contribution in [0.5, 0.6) is 0 Å². The van der Waals surface area contributed by atoms with Crippen molar-refractivity contribution in [2.24, 2.45) is 5.92 Å². The normalized spacial score (nSPS) is 29.2. The summed E-state index contributed by atoms with van der Waals surface area (Å²) in [7, 11) is 1.69. The minimum atomic E-state index is -0.970. The fourth-order valence-electron chi connectivity index (χ4n) is 2.31. The quantitative estimate of drug-likeness (QED) is 0.902. The van der Waals surface area contributed by atoms with E-state index < -0.39 is 5.97 Å². The maximum Gasteiger partial charge on any atom is 0.355 e. The van der Waals surface area contributed by atoms with Gasteiger partial charge in [-0.1, -0.05) is 6.92 Å². The number of hydrogen-bond donors (Lipinski definition) is 1. The minimum Gasteiger partial charge on any atom is -0.476 e. The third-order valence-corrected chi connectivity index (χ3v) is 4.61. The summed E-state index contributed by atoms with van der Waals surface area (Å²) in [5.74, 6) is -0.250. The van der Waals surface area contributed by atoms with Crippen molar-refractivity contribution in [2.45, 2.75) is 38.2 Å². The van der Waals surface area contributed by atoms with Crippen LogP contribution in [0.1, 0.15) is 48.1 Å². The third kappa shape index (κ3) is 2.35. The first kappa shape index (κ1) is 12.5. The summed E-state index contributed by atoms with van der Waals surface area (Å²) >= 11 is 1.39. The Morgan fingerprint density at radius 2 is 2.24 bits per heavy atom. The van der Waals surface area contributed by atoms with Crippen LogP contribution >= 0.6 is 11.3 Å². The molecule has 5 heteroatoms. The standard InChI is InChI=1S/C12H17NO3S/c1-8-3-5-12(16-2,6-4-8)11-13-9(7-17-11)10(14)15/h7-8H,3-6H2,1-2H3,(H,14,15). The van der Waals surface area contributed by atoms with Gasteiger partial charge >= 0.3 is 5.97 Å². The second-order valence-electron chi connectivity index (χ2n) is 4.72. The van der Waals surface area contributed by atoms with E-state index in [0.717, 1.165) is 36.6 Å². The molecule has 1 saturated carbocycles. The maximum atomic E-state index is 10.8. The highest BCUT2D eigenvalue weighted by atomic mass is 32.1. The summed E-state index contributed by atoms with van der Waals surface area (Å²) in [6.07, 6.45) is 4.07. The number of carboxylic acid groups (broad SMARTS) is 1. The van der Waals surface area contributed by atoms with Gasteiger partial charge in [0, 0.05) is 12.5 Å². The molecule has 0 bridgehead atoms. The Morgan fingerprint density at radius 3 is 2.71 bits per heavy atom. The summed E-state index contributed by atoms with van der Waals surface area (Å²) in [4.78, 5) is 15.0. The first-order chi connectivity index (χ1) is 8.07. The number of carboxylic acids is 1. The largest absolute Gasteiger partial charge is 0.476 e. The van der Waals surface area contributed by atoms with Crippen LogP contribution in [0.3, 0.4) is 0 Å². The Kier molecular flexibility index (Phi) is 3.49. The lowest BCUT2D eigenvalue weighted by molar-refractivity contribution is -0.0531. The molecule has 1 heterocycles. The predicted octanol–water partition coefficient (Wildman–Crippen LogP) is 2.89. The molecule has 0 aromatic carbocycles. The van der Waals surface area contributed by atoms with Crippen molar-refractivity contribution in [1.29, 1.82) is 0 Å². The monoisotopic (exact) mass is 255 g/mol. The smallest absolute Gasteiger partial charge is 0.355 e. The van der Waals surface area contributed by atoms with Crippen LogP contribution in [0.15, 0.2) is 5.38 Å². The van der Waals surface area contributed by atoms with Gasteiger partial charge in [-0.05, 0) is 31.6 Å². The first-order valence-corrected chi connectivity index (χ1v) is 6.70. The summed E-state index contributed by atoms with van der Waals surface area (Å²) in [5, 5.41) is 11.3. The number of carbonyl (C=O) groups is 1. The number of ether oxygens (including phenoxy) is 1. The number of rotatable bonds is 3. The third-order valence-electron chi connectivity index (χ3n) is 3.59. The highest BCUT2D eigenvalue weighted by Gasteiger charge is 2.38. The van der Waals surface area contributed by atoms with Crippen molar-refractivity contribution in [3.05, 3.63) is 16.1 Å². The molecule has 0 saturated heterocycles. The van der Waals surface area contributed by atoms with Crippen LogP contribution in [-0.2, 0) is 10.3 Å². The van der Waals surface area contributed by atoms with Crippen LogP contribution < -0.4 is 0 Å². The zero-order valence-corrected chi connectivity index (χ0v) is 10.9. The number of aromatic nitrogens is 1. The van der Waals surface area contributed by atoms with Crippen LogP contribution in [-0.4, -0.2) is 23.2 Å². The molecule has 0 spiro atoms. The fourth-order valence-corrected chi connectivity index (χ4v) is 3.35. The van der Waals surface area contributed by atoms with Crippen molar-refractivity contribution in [3.63, 3.8) is 0 Å². The molecule has 17 heavy (non-hydrogen) atoms. The van der Waals surface area contributed by atoms with E-state index in [1.54, 1.807) is 12.5 Å². The average molecular weight is 255 g/mol. The Bertz CT molecular complexity index is 408. The Balaban J connectivity index is 2.25. The Hall–Kier alpha value is -0.940. The van der Waals surface area contributed by atoms with E-state index in [4.69, 9.17) is 9.84 Å². The van der Waals surface area contributed by atoms with Gasteiger partial charge in [-0.2, -0.15) is 0 Å². The molecule has 4 nitrogen and oxygen atoms in total. The number of aromatic carboxylic acids is 1. The van der Waals surface area contributed by atoms with Crippen LogP contribution in [0.25, 0.3) is 0 Å². The Labute approximate surface area is 105 Å². The van der Waals surface area contributed by atoms with E-state index in [1.165, 1.54) is 11.3 Å². The van der Waals surface area contributed by atoms with Crippen LogP contribution in [0, 0.1) is 5.92 Å². The van der Waals surface area contributed by atoms with Gasteiger partial charge in [-0.15, -0.1) is 11.3 Å². The van der Waals surface area contributed by atoms with Crippen molar-refractivity contribution in [3.8, 4) is 0 Å². The van der Waals surface area contributed by atoms with Gasteiger partial charge in [0.1, 0.15) is 10.6 Å². The van der Waals surface area contributed by atoms with Gasteiger partial charge < -0.3 is 9.84 Å². The lowest BCUT2D eigenvalue weighted by atomic mass is 9.80. The van der Waals surface area contributed by atoms with Gasteiger partial charge in [-0.3, -0.25) is 0 Å². The van der Waals surface area contributed by atoms with Gasteiger partial charge in [0.15, 0.2) is 5.69 Å². The minimum absolute atomic E-state index is 0.125.